The van der Waals surface area contributed by atoms with Gasteiger partial charge in [-0.15, -0.1) is 0 Å². The van der Waals surface area contributed by atoms with Gasteiger partial charge in [0.25, 0.3) is 0 Å². The number of benzene rings is 1. The summed E-state index contributed by atoms with van der Waals surface area (Å²) in [5.41, 5.74) is 0.751. The minimum atomic E-state index is 0.169. The fraction of sp³-hybridized carbons (Fsp3) is 0.588. The molecule has 0 atom stereocenters. The Morgan fingerprint density at radius 3 is 2.85 bits per heavy atom. The maximum atomic E-state index is 12.0. The average Bonchev–Trinajstić information content (AvgIpc) is 2.52. The van der Waals surface area contributed by atoms with Crippen LogP contribution >= 0.6 is 0 Å². The molecule has 0 aliphatic heterocycles. The smallest absolute Gasteiger partial charge is 0.164 e. The lowest BCUT2D eigenvalue weighted by Crippen LogP contribution is -2.15. The van der Waals surface area contributed by atoms with E-state index in [1.807, 2.05) is 31.3 Å². The van der Waals surface area contributed by atoms with E-state index in [0.29, 0.717) is 18.9 Å². The van der Waals surface area contributed by atoms with Crippen molar-refractivity contribution in [3.8, 4) is 5.75 Å². The van der Waals surface area contributed by atoms with Gasteiger partial charge in [0.1, 0.15) is 5.75 Å². The number of rotatable bonds is 7. The molecule has 1 aliphatic carbocycles. The quantitative estimate of drug-likeness (QED) is 0.775. The van der Waals surface area contributed by atoms with Crippen molar-refractivity contribution in [2.24, 2.45) is 5.92 Å². The van der Waals surface area contributed by atoms with Crippen LogP contribution in [0.3, 0.4) is 0 Å². The molecule has 0 bridgehead atoms. The summed E-state index contributed by atoms with van der Waals surface area (Å²) in [6, 6.07) is 7.59. The standard InChI is InChI=1S/C17H25NO2/c1-18-11-10-17(19)15-8-5-9-16(12-15)20-13-14-6-3-2-4-7-14/h5,8-9,12,14,18H,2-4,6-7,10-11,13H2,1H3. The normalized spacial score (nSPS) is 16.1. The van der Waals surface area contributed by atoms with E-state index in [9.17, 15) is 4.79 Å². The third-order valence-electron chi connectivity index (χ3n) is 3.97. The zero-order valence-electron chi connectivity index (χ0n) is 12.4. The van der Waals surface area contributed by atoms with Crippen molar-refractivity contribution in [1.29, 1.82) is 0 Å². The lowest BCUT2D eigenvalue weighted by atomic mass is 9.90. The molecule has 0 heterocycles. The molecular weight excluding hydrogens is 250 g/mol. The maximum absolute atomic E-state index is 12.0. The fourth-order valence-corrected chi connectivity index (χ4v) is 2.71. The van der Waals surface area contributed by atoms with Crippen LogP contribution in [0.15, 0.2) is 24.3 Å². The topological polar surface area (TPSA) is 38.3 Å². The molecule has 20 heavy (non-hydrogen) atoms. The molecule has 0 radical (unpaired) electrons. The molecule has 1 saturated carbocycles. The van der Waals surface area contributed by atoms with Crippen LogP contribution < -0.4 is 10.1 Å². The number of nitrogens with one attached hydrogen (secondary N) is 1. The molecule has 2 rings (SSSR count). The first kappa shape index (κ1) is 15.0. The predicted octanol–water partition coefficient (Wildman–Crippen LogP) is 3.44. The van der Waals surface area contributed by atoms with Crippen molar-refractivity contribution < 1.29 is 9.53 Å². The largest absolute Gasteiger partial charge is 0.493 e. The number of hydrogen-bond donors (Lipinski definition) is 1. The van der Waals surface area contributed by atoms with Crippen molar-refractivity contribution in [2.75, 3.05) is 20.2 Å². The molecule has 0 unspecified atom stereocenters. The Labute approximate surface area is 121 Å². The Morgan fingerprint density at radius 2 is 2.10 bits per heavy atom. The number of Topliss-reactive ketones (excluding diaryl/α,β-unsaturated/α-hetero) is 1. The Kier molecular flexibility index (Phi) is 6.06. The highest BCUT2D eigenvalue weighted by Crippen LogP contribution is 2.25. The Bertz CT molecular complexity index is 425. The molecule has 1 aromatic carbocycles. The van der Waals surface area contributed by atoms with Crippen LogP contribution in [0.25, 0.3) is 0 Å². The highest BCUT2D eigenvalue weighted by Gasteiger charge is 2.14. The summed E-state index contributed by atoms with van der Waals surface area (Å²) in [6.45, 7) is 1.50. The van der Waals surface area contributed by atoms with Gasteiger partial charge in [-0.25, -0.2) is 0 Å². The lowest BCUT2D eigenvalue weighted by molar-refractivity contribution is 0.0982. The third kappa shape index (κ3) is 4.64. The third-order valence-corrected chi connectivity index (χ3v) is 3.97. The van der Waals surface area contributed by atoms with Gasteiger partial charge in [0.05, 0.1) is 6.61 Å². The van der Waals surface area contributed by atoms with Crippen molar-refractivity contribution in [1.82, 2.24) is 5.32 Å². The summed E-state index contributed by atoms with van der Waals surface area (Å²) in [7, 11) is 1.86. The molecule has 1 fully saturated rings. The van der Waals surface area contributed by atoms with Crippen LogP contribution in [0.4, 0.5) is 0 Å². The van der Waals surface area contributed by atoms with Gasteiger partial charge in [0.15, 0.2) is 5.78 Å². The van der Waals surface area contributed by atoms with E-state index in [2.05, 4.69) is 5.32 Å². The number of ketones is 1. The first-order valence-corrected chi connectivity index (χ1v) is 7.70. The molecule has 1 N–H and O–H groups in total. The molecular formula is C17H25NO2. The van der Waals surface area contributed by atoms with Crippen LogP contribution in [0.5, 0.6) is 5.75 Å². The van der Waals surface area contributed by atoms with E-state index in [-0.39, 0.29) is 5.78 Å². The number of hydrogen-bond acceptors (Lipinski definition) is 3. The summed E-state index contributed by atoms with van der Waals surface area (Å²) in [6.07, 6.45) is 7.11. The van der Waals surface area contributed by atoms with Crippen LogP contribution in [0, 0.1) is 5.92 Å². The zero-order chi connectivity index (χ0) is 14.2. The SMILES string of the molecule is CNCCC(=O)c1cccc(OCC2CCCCC2)c1. The van der Waals surface area contributed by atoms with Crippen molar-refractivity contribution in [2.45, 2.75) is 38.5 Å². The fourth-order valence-electron chi connectivity index (χ4n) is 2.71. The van der Waals surface area contributed by atoms with E-state index in [1.165, 1.54) is 32.1 Å². The second-order valence-corrected chi connectivity index (χ2v) is 5.62. The van der Waals surface area contributed by atoms with Gasteiger partial charge in [-0.3, -0.25) is 4.79 Å². The van der Waals surface area contributed by atoms with Crippen molar-refractivity contribution in [3.63, 3.8) is 0 Å². The van der Waals surface area contributed by atoms with Crippen LogP contribution in [0.1, 0.15) is 48.9 Å². The molecule has 0 amide bonds. The Balaban J connectivity index is 1.86. The summed E-state index contributed by atoms with van der Waals surface area (Å²) >= 11 is 0. The molecule has 0 spiro atoms. The molecule has 3 heteroatoms. The van der Waals surface area contributed by atoms with Crippen LogP contribution in [0.2, 0.25) is 0 Å². The van der Waals surface area contributed by atoms with E-state index in [1.54, 1.807) is 0 Å². The van der Waals surface area contributed by atoms with Gasteiger partial charge in [0.2, 0.25) is 0 Å². The highest BCUT2D eigenvalue weighted by atomic mass is 16.5. The molecule has 0 saturated heterocycles. The minimum absolute atomic E-state index is 0.169. The van der Waals surface area contributed by atoms with Gasteiger partial charge in [-0.05, 0) is 37.9 Å². The average molecular weight is 275 g/mol. The van der Waals surface area contributed by atoms with Gasteiger partial charge in [0, 0.05) is 18.5 Å². The monoisotopic (exact) mass is 275 g/mol. The van der Waals surface area contributed by atoms with E-state index < -0.39 is 0 Å². The molecule has 0 aromatic heterocycles. The van der Waals surface area contributed by atoms with E-state index >= 15 is 0 Å². The number of ether oxygens (including phenoxy) is 1. The van der Waals surface area contributed by atoms with Crippen molar-refractivity contribution >= 4 is 5.78 Å². The minimum Gasteiger partial charge on any atom is -0.493 e. The van der Waals surface area contributed by atoms with Gasteiger partial charge >= 0.3 is 0 Å². The second kappa shape index (κ2) is 8.05. The summed E-state index contributed by atoms with van der Waals surface area (Å²) in [4.78, 5) is 12.0. The lowest BCUT2D eigenvalue weighted by Gasteiger charge is -2.21. The first-order valence-electron chi connectivity index (χ1n) is 7.70. The van der Waals surface area contributed by atoms with Gasteiger partial charge in [-0.1, -0.05) is 31.4 Å². The van der Waals surface area contributed by atoms with Crippen LogP contribution in [-0.4, -0.2) is 26.0 Å². The van der Waals surface area contributed by atoms with Crippen LogP contribution in [-0.2, 0) is 0 Å². The molecule has 1 aliphatic rings. The molecule has 110 valence electrons. The summed E-state index contributed by atoms with van der Waals surface area (Å²) in [5, 5.41) is 3.00. The second-order valence-electron chi connectivity index (χ2n) is 5.62. The molecule has 1 aromatic rings. The number of carbonyl (C=O) groups is 1. The van der Waals surface area contributed by atoms with Gasteiger partial charge in [-0.2, -0.15) is 0 Å². The first-order chi connectivity index (χ1) is 9.79. The van der Waals surface area contributed by atoms with E-state index in [0.717, 1.165) is 17.9 Å². The van der Waals surface area contributed by atoms with Crippen molar-refractivity contribution in [3.05, 3.63) is 29.8 Å². The summed E-state index contributed by atoms with van der Waals surface area (Å²) < 4.78 is 5.87. The van der Waals surface area contributed by atoms with Gasteiger partial charge < -0.3 is 10.1 Å². The zero-order valence-corrected chi connectivity index (χ0v) is 12.4. The maximum Gasteiger partial charge on any atom is 0.164 e. The Morgan fingerprint density at radius 1 is 1.30 bits per heavy atom. The van der Waals surface area contributed by atoms with E-state index in [4.69, 9.17) is 4.74 Å². The highest BCUT2D eigenvalue weighted by molar-refractivity contribution is 5.96. The molecule has 3 nitrogen and oxygen atoms in total. The number of carbonyl (C=O) groups excluding carboxylic acids is 1. The predicted molar refractivity (Wildman–Crippen MR) is 81.4 cm³/mol. The Hall–Kier alpha value is -1.35. The summed E-state index contributed by atoms with van der Waals surface area (Å²) in [5.74, 6) is 1.68.